The smallest absolute Gasteiger partial charge is 0.320 e. The van der Waals surface area contributed by atoms with Crippen molar-refractivity contribution in [2.45, 2.75) is 51.7 Å². The number of amides is 2. The predicted molar refractivity (Wildman–Crippen MR) is 85.1 cm³/mol. The molecule has 0 aliphatic carbocycles. The van der Waals surface area contributed by atoms with Gasteiger partial charge in [-0.15, -0.1) is 0 Å². The van der Waals surface area contributed by atoms with Gasteiger partial charge in [0.1, 0.15) is 17.6 Å². The summed E-state index contributed by atoms with van der Waals surface area (Å²) in [5.41, 5.74) is -0.177. The molecule has 2 atom stereocenters. The number of rotatable bonds is 5. The number of carbonyl (C=O) groups excluding carboxylic acids is 1. The van der Waals surface area contributed by atoms with Crippen molar-refractivity contribution in [3.05, 3.63) is 36.0 Å². The largest absolute Gasteiger partial charge is 0.467 e. The van der Waals surface area contributed by atoms with Gasteiger partial charge in [0.05, 0.1) is 6.26 Å². The van der Waals surface area contributed by atoms with Gasteiger partial charge in [-0.3, -0.25) is 5.32 Å². The van der Waals surface area contributed by atoms with Gasteiger partial charge in [-0.05, 0) is 19.1 Å². The zero-order valence-electron chi connectivity index (χ0n) is 13.8. The summed E-state index contributed by atoms with van der Waals surface area (Å²) in [5, 5.41) is 19.2. The number of hydrogen-bond acceptors (Lipinski definition) is 5. The lowest BCUT2D eigenvalue weighted by molar-refractivity contribution is 0.130. The fourth-order valence-electron chi connectivity index (χ4n) is 2.05. The van der Waals surface area contributed by atoms with Crippen molar-refractivity contribution in [1.29, 1.82) is 0 Å². The number of aliphatic hydroxyl groups excluding tert-OH is 1. The summed E-state index contributed by atoms with van der Waals surface area (Å²) in [4.78, 5) is 11.9. The van der Waals surface area contributed by atoms with Crippen LogP contribution < -0.4 is 10.6 Å². The van der Waals surface area contributed by atoms with Gasteiger partial charge in [-0.1, -0.05) is 25.9 Å². The lowest BCUT2D eigenvalue weighted by Gasteiger charge is -2.16. The number of furan rings is 1. The number of aromatic nitrogens is 1. The molecule has 2 heterocycles. The van der Waals surface area contributed by atoms with Crippen LogP contribution in [-0.2, 0) is 5.41 Å². The molecule has 2 aromatic heterocycles. The van der Waals surface area contributed by atoms with E-state index in [1.807, 2.05) is 20.8 Å². The number of carbonyl (C=O) groups is 1. The van der Waals surface area contributed by atoms with Gasteiger partial charge in [0.2, 0.25) is 0 Å². The third-order valence-corrected chi connectivity index (χ3v) is 3.32. The molecule has 7 nitrogen and oxygen atoms in total. The molecule has 0 aliphatic heterocycles. The van der Waals surface area contributed by atoms with E-state index in [2.05, 4.69) is 15.8 Å². The quantitative estimate of drug-likeness (QED) is 0.785. The van der Waals surface area contributed by atoms with E-state index >= 15 is 0 Å². The molecule has 126 valence electrons. The lowest BCUT2D eigenvalue weighted by Crippen LogP contribution is -2.37. The second-order valence-corrected chi connectivity index (χ2v) is 6.59. The van der Waals surface area contributed by atoms with Gasteiger partial charge >= 0.3 is 6.03 Å². The average molecular weight is 321 g/mol. The zero-order valence-corrected chi connectivity index (χ0v) is 13.8. The average Bonchev–Trinajstić information content (AvgIpc) is 3.07. The standard InChI is InChI=1S/C16H23N3O4/c1-10(8-11(20)12-6-5-7-22-12)17-15(21)18-14-9-13(23-19-14)16(2,3)4/h5-7,9-11,20H,8H2,1-4H3,(H2,17,18,19,21). The second kappa shape index (κ2) is 6.87. The minimum atomic E-state index is -0.764. The third-order valence-electron chi connectivity index (χ3n) is 3.32. The maximum absolute atomic E-state index is 11.9. The predicted octanol–water partition coefficient (Wildman–Crippen LogP) is 3.20. The van der Waals surface area contributed by atoms with Crippen LogP contribution in [0.15, 0.2) is 33.4 Å². The number of anilines is 1. The first-order valence-electron chi connectivity index (χ1n) is 7.52. The van der Waals surface area contributed by atoms with Gasteiger partial charge in [-0.25, -0.2) is 4.79 Å². The number of hydrogen-bond donors (Lipinski definition) is 3. The first-order chi connectivity index (χ1) is 10.8. The van der Waals surface area contributed by atoms with Crippen molar-refractivity contribution in [1.82, 2.24) is 10.5 Å². The van der Waals surface area contributed by atoms with Crippen LogP contribution in [0.25, 0.3) is 0 Å². The molecular weight excluding hydrogens is 298 g/mol. The molecule has 0 aliphatic rings. The van der Waals surface area contributed by atoms with Crippen molar-refractivity contribution in [3.8, 4) is 0 Å². The fraction of sp³-hybridized carbons (Fsp3) is 0.500. The van der Waals surface area contributed by atoms with Crippen molar-refractivity contribution in [3.63, 3.8) is 0 Å². The Hall–Kier alpha value is -2.28. The summed E-state index contributed by atoms with van der Waals surface area (Å²) < 4.78 is 10.3. The minimum absolute atomic E-state index is 0.177. The first kappa shape index (κ1) is 17.1. The van der Waals surface area contributed by atoms with Crippen LogP contribution in [0, 0.1) is 0 Å². The number of nitrogens with zero attached hydrogens (tertiary/aromatic N) is 1. The van der Waals surface area contributed by atoms with Gasteiger partial charge in [0.15, 0.2) is 5.82 Å². The summed E-state index contributed by atoms with van der Waals surface area (Å²) in [5.74, 6) is 1.52. The Morgan fingerprint density at radius 2 is 2.17 bits per heavy atom. The van der Waals surface area contributed by atoms with Crippen LogP contribution in [0.3, 0.4) is 0 Å². The van der Waals surface area contributed by atoms with E-state index in [0.29, 0.717) is 23.8 Å². The monoisotopic (exact) mass is 321 g/mol. The van der Waals surface area contributed by atoms with Crippen LogP contribution in [-0.4, -0.2) is 22.3 Å². The highest BCUT2D eigenvalue weighted by Gasteiger charge is 2.21. The van der Waals surface area contributed by atoms with E-state index in [0.717, 1.165) is 0 Å². The van der Waals surface area contributed by atoms with Crippen LogP contribution in [0.4, 0.5) is 10.6 Å². The highest BCUT2D eigenvalue weighted by molar-refractivity contribution is 5.88. The molecule has 7 heteroatoms. The molecule has 2 unspecified atom stereocenters. The topological polar surface area (TPSA) is 101 Å². The Bertz CT molecular complexity index is 628. The van der Waals surface area contributed by atoms with Gasteiger partial charge in [0.25, 0.3) is 0 Å². The number of aliphatic hydroxyl groups is 1. The summed E-state index contributed by atoms with van der Waals surface area (Å²) in [7, 11) is 0. The molecule has 0 spiro atoms. The lowest BCUT2D eigenvalue weighted by atomic mass is 9.93. The van der Waals surface area contributed by atoms with Gasteiger partial charge < -0.3 is 19.4 Å². The Labute approximate surface area is 135 Å². The summed E-state index contributed by atoms with van der Waals surface area (Å²) in [6.07, 6.45) is 1.08. The molecule has 3 N–H and O–H groups in total. The molecule has 0 radical (unpaired) electrons. The summed E-state index contributed by atoms with van der Waals surface area (Å²) in [6, 6.07) is 4.45. The summed E-state index contributed by atoms with van der Waals surface area (Å²) in [6.45, 7) is 7.79. The van der Waals surface area contributed by atoms with Crippen LogP contribution in [0.1, 0.15) is 51.7 Å². The SMILES string of the molecule is CC(CC(O)c1ccco1)NC(=O)Nc1cc(C(C)(C)C)on1. The molecule has 23 heavy (non-hydrogen) atoms. The second-order valence-electron chi connectivity index (χ2n) is 6.59. The van der Waals surface area contributed by atoms with E-state index in [4.69, 9.17) is 8.94 Å². The third kappa shape index (κ3) is 4.85. The van der Waals surface area contributed by atoms with Crippen molar-refractivity contribution >= 4 is 11.8 Å². The highest BCUT2D eigenvalue weighted by atomic mass is 16.5. The maximum atomic E-state index is 11.9. The molecular formula is C16H23N3O4. The zero-order chi connectivity index (χ0) is 17.0. The van der Waals surface area contributed by atoms with Crippen LogP contribution in [0.5, 0.6) is 0 Å². The molecule has 2 amide bonds. The normalized spacial score (nSPS) is 14.3. The van der Waals surface area contributed by atoms with Crippen molar-refractivity contribution in [2.24, 2.45) is 0 Å². The van der Waals surface area contributed by atoms with Crippen molar-refractivity contribution < 1.29 is 18.8 Å². The molecule has 2 aromatic rings. The molecule has 0 fully saturated rings. The fourth-order valence-corrected chi connectivity index (χ4v) is 2.05. The van der Waals surface area contributed by atoms with E-state index in [-0.39, 0.29) is 11.5 Å². The van der Waals surface area contributed by atoms with Gasteiger partial charge in [-0.2, -0.15) is 0 Å². The molecule has 0 saturated carbocycles. The van der Waals surface area contributed by atoms with E-state index in [9.17, 15) is 9.90 Å². The Morgan fingerprint density at radius 3 is 2.74 bits per heavy atom. The number of urea groups is 1. The summed E-state index contributed by atoms with van der Waals surface area (Å²) >= 11 is 0. The van der Waals surface area contributed by atoms with E-state index < -0.39 is 12.1 Å². The molecule has 0 aromatic carbocycles. The van der Waals surface area contributed by atoms with Crippen LogP contribution >= 0.6 is 0 Å². The molecule has 2 rings (SSSR count). The Balaban J connectivity index is 1.83. The molecule has 0 saturated heterocycles. The minimum Gasteiger partial charge on any atom is -0.467 e. The van der Waals surface area contributed by atoms with Crippen LogP contribution in [0.2, 0.25) is 0 Å². The first-order valence-corrected chi connectivity index (χ1v) is 7.52. The maximum Gasteiger partial charge on any atom is 0.320 e. The highest BCUT2D eigenvalue weighted by Crippen LogP contribution is 2.24. The Kier molecular flexibility index (Phi) is 5.10. The number of nitrogens with one attached hydrogen (secondary N) is 2. The van der Waals surface area contributed by atoms with E-state index in [1.54, 1.807) is 25.1 Å². The van der Waals surface area contributed by atoms with E-state index in [1.165, 1.54) is 6.26 Å². The Morgan fingerprint density at radius 1 is 1.43 bits per heavy atom. The van der Waals surface area contributed by atoms with Gasteiger partial charge in [0, 0.05) is 23.9 Å². The molecule has 0 bridgehead atoms. The van der Waals surface area contributed by atoms with Crippen molar-refractivity contribution in [2.75, 3.05) is 5.32 Å².